The van der Waals surface area contributed by atoms with Crippen LogP contribution in [0.4, 0.5) is 5.69 Å². The van der Waals surface area contributed by atoms with E-state index in [0.717, 1.165) is 5.56 Å². The van der Waals surface area contributed by atoms with E-state index in [1.54, 1.807) is 57.5 Å². The second kappa shape index (κ2) is 7.31. The van der Waals surface area contributed by atoms with Crippen molar-refractivity contribution in [1.29, 1.82) is 0 Å². The summed E-state index contributed by atoms with van der Waals surface area (Å²) < 4.78 is 10.4. The molecule has 2 aromatic carbocycles. The van der Waals surface area contributed by atoms with Crippen molar-refractivity contribution in [2.45, 2.75) is 6.92 Å². The summed E-state index contributed by atoms with van der Waals surface area (Å²) in [4.78, 5) is 12.0. The molecule has 0 spiro atoms. The third-order valence-corrected chi connectivity index (χ3v) is 3.30. The van der Waals surface area contributed by atoms with Gasteiger partial charge in [0.1, 0.15) is 0 Å². The van der Waals surface area contributed by atoms with Crippen molar-refractivity contribution < 1.29 is 14.3 Å². The highest BCUT2D eigenvalue weighted by Gasteiger charge is 2.08. The zero-order valence-electron chi connectivity index (χ0n) is 13.3. The lowest BCUT2D eigenvalue weighted by atomic mass is 10.1. The first kappa shape index (κ1) is 16.4. The minimum Gasteiger partial charge on any atom is -0.493 e. The van der Waals surface area contributed by atoms with Crippen molar-refractivity contribution in [3.05, 3.63) is 53.6 Å². The van der Waals surface area contributed by atoms with Crippen molar-refractivity contribution in [2.24, 2.45) is 5.10 Å². The number of nitrogens with zero attached hydrogens (tertiary/aromatic N) is 1. The number of hydrogen-bond acceptors (Lipinski definition) is 5. The van der Waals surface area contributed by atoms with Gasteiger partial charge in [-0.3, -0.25) is 4.79 Å². The van der Waals surface area contributed by atoms with E-state index in [-0.39, 0.29) is 5.91 Å². The van der Waals surface area contributed by atoms with Gasteiger partial charge in [0.05, 0.1) is 19.9 Å². The van der Waals surface area contributed by atoms with Crippen LogP contribution in [0.5, 0.6) is 11.5 Å². The highest BCUT2D eigenvalue weighted by Crippen LogP contribution is 2.27. The van der Waals surface area contributed by atoms with Gasteiger partial charge in [-0.1, -0.05) is 0 Å². The number of nitrogens with one attached hydrogen (secondary N) is 1. The van der Waals surface area contributed by atoms with Crippen LogP contribution in [0.3, 0.4) is 0 Å². The molecular formula is C17H19N3O3. The second-order valence-corrected chi connectivity index (χ2v) is 4.83. The lowest BCUT2D eigenvalue weighted by Crippen LogP contribution is -2.19. The summed E-state index contributed by atoms with van der Waals surface area (Å²) >= 11 is 0. The van der Waals surface area contributed by atoms with Crippen molar-refractivity contribution in [1.82, 2.24) is 5.43 Å². The van der Waals surface area contributed by atoms with E-state index in [9.17, 15) is 4.79 Å². The molecule has 0 unspecified atom stereocenters. The molecule has 0 heterocycles. The van der Waals surface area contributed by atoms with Crippen molar-refractivity contribution in [3.8, 4) is 11.5 Å². The molecule has 0 aromatic heterocycles. The fourth-order valence-corrected chi connectivity index (χ4v) is 1.96. The van der Waals surface area contributed by atoms with Crippen LogP contribution >= 0.6 is 0 Å². The Labute approximate surface area is 134 Å². The van der Waals surface area contributed by atoms with Crippen LogP contribution in [0, 0.1) is 0 Å². The molecule has 6 heteroatoms. The van der Waals surface area contributed by atoms with Crippen LogP contribution in [0.2, 0.25) is 0 Å². The molecular weight excluding hydrogens is 294 g/mol. The van der Waals surface area contributed by atoms with Crippen molar-refractivity contribution >= 4 is 17.3 Å². The second-order valence-electron chi connectivity index (χ2n) is 4.83. The lowest BCUT2D eigenvalue weighted by molar-refractivity contribution is 0.0955. The van der Waals surface area contributed by atoms with E-state index >= 15 is 0 Å². The van der Waals surface area contributed by atoms with Crippen LogP contribution in [0.1, 0.15) is 22.8 Å². The number of benzene rings is 2. The van der Waals surface area contributed by atoms with E-state index in [1.807, 2.05) is 6.07 Å². The summed E-state index contributed by atoms with van der Waals surface area (Å²) in [6, 6.07) is 12.1. The number of nitrogen functional groups attached to an aromatic ring is 1. The number of amides is 1. The molecule has 0 aliphatic rings. The maximum atomic E-state index is 12.0. The molecule has 6 nitrogen and oxygen atoms in total. The van der Waals surface area contributed by atoms with Gasteiger partial charge < -0.3 is 15.2 Å². The van der Waals surface area contributed by atoms with Crippen LogP contribution in [0.25, 0.3) is 0 Å². The quantitative estimate of drug-likeness (QED) is 0.504. The number of nitrogens with two attached hydrogens (primary N) is 1. The minimum absolute atomic E-state index is 0.301. The van der Waals surface area contributed by atoms with Crippen molar-refractivity contribution in [2.75, 3.05) is 20.0 Å². The molecule has 120 valence electrons. The molecule has 0 atom stereocenters. The van der Waals surface area contributed by atoms with Gasteiger partial charge in [0, 0.05) is 16.8 Å². The Morgan fingerprint density at radius 2 is 1.61 bits per heavy atom. The summed E-state index contributed by atoms with van der Waals surface area (Å²) in [5.41, 5.74) is 10.7. The first-order chi connectivity index (χ1) is 11.0. The first-order valence-corrected chi connectivity index (χ1v) is 6.97. The highest BCUT2D eigenvalue weighted by atomic mass is 16.5. The monoisotopic (exact) mass is 313 g/mol. The topological polar surface area (TPSA) is 85.9 Å². The number of hydrogen-bond donors (Lipinski definition) is 2. The summed E-state index contributed by atoms with van der Waals surface area (Å²) in [5, 5.41) is 4.11. The van der Waals surface area contributed by atoms with Crippen LogP contribution in [-0.4, -0.2) is 25.8 Å². The standard InChI is InChI=1S/C17H19N3O3/c1-11(13-6-9-15(22-2)16(10-13)23-3)19-20-17(21)12-4-7-14(18)8-5-12/h4-10H,18H2,1-3H3,(H,20,21)/b19-11-. The van der Waals surface area contributed by atoms with Gasteiger partial charge in [0.25, 0.3) is 5.91 Å². The van der Waals surface area contributed by atoms with E-state index < -0.39 is 0 Å². The number of hydrazone groups is 1. The highest BCUT2D eigenvalue weighted by molar-refractivity contribution is 6.01. The van der Waals surface area contributed by atoms with Gasteiger partial charge in [-0.25, -0.2) is 5.43 Å². The third-order valence-electron chi connectivity index (χ3n) is 3.30. The van der Waals surface area contributed by atoms with Gasteiger partial charge in [-0.2, -0.15) is 5.10 Å². The van der Waals surface area contributed by atoms with Gasteiger partial charge >= 0.3 is 0 Å². The molecule has 0 bridgehead atoms. The van der Waals surface area contributed by atoms with E-state index in [2.05, 4.69) is 10.5 Å². The summed E-state index contributed by atoms with van der Waals surface area (Å²) in [6.45, 7) is 1.80. The Hall–Kier alpha value is -3.02. The summed E-state index contributed by atoms with van der Waals surface area (Å²) in [6.07, 6.45) is 0. The number of carbonyl (C=O) groups is 1. The maximum absolute atomic E-state index is 12.0. The largest absolute Gasteiger partial charge is 0.493 e. The third kappa shape index (κ3) is 4.00. The lowest BCUT2D eigenvalue weighted by Gasteiger charge is -2.09. The SMILES string of the molecule is COc1ccc(/C(C)=N\NC(=O)c2ccc(N)cc2)cc1OC. The van der Waals surface area contributed by atoms with Gasteiger partial charge in [-0.15, -0.1) is 0 Å². The fourth-order valence-electron chi connectivity index (χ4n) is 1.96. The molecule has 0 fully saturated rings. The molecule has 0 saturated carbocycles. The van der Waals surface area contributed by atoms with E-state index in [1.165, 1.54) is 0 Å². The Morgan fingerprint density at radius 3 is 2.22 bits per heavy atom. The number of anilines is 1. The zero-order valence-corrected chi connectivity index (χ0v) is 13.3. The number of carbonyl (C=O) groups excluding carboxylic acids is 1. The Bertz CT molecular complexity index is 724. The van der Waals surface area contributed by atoms with E-state index in [4.69, 9.17) is 15.2 Å². The van der Waals surface area contributed by atoms with Gasteiger partial charge in [0.15, 0.2) is 11.5 Å². The first-order valence-electron chi connectivity index (χ1n) is 6.97. The Kier molecular flexibility index (Phi) is 5.19. The average molecular weight is 313 g/mol. The molecule has 0 aliphatic carbocycles. The molecule has 2 aromatic rings. The van der Waals surface area contributed by atoms with Gasteiger partial charge in [0.2, 0.25) is 0 Å². The van der Waals surface area contributed by atoms with Gasteiger partial charge in [-0.05, 0) is 49.4 Å². The fraction of sp³-hybridized carbons (Fsp3) is 0.176. The molecule has 0 saturated heterocycles. The summed E-state index contributed by atoms with van der Waals surface area (Å²) in [5.74, 6) is 0.934. The smallest absolute Gasteiger partial charge is 0.271 e. The molecule has 0 aliphatic heterocycles. The Morgan fingerprint density at radius 1 is 1.00 bits per heavy atom. The number of ether oxygens (including phenoxy) is 2. The molecule has 1 amide bonds. The minimum atomic E-state index is -0.301. The zero-order chi connectivity index (χ0) is 16.8. The molecule has 0 radical (unpaired) electrons. The molecule has 2 rings (SSSR count). The average Bonchev–Trinajstić information content (AvgIpc) is 2.59. The molecule has 23 heavy (non-hydrogen) atoms. The van der Waals surface area contributed by atoms with Crippen molar-refractivity contribution in [3.63, 3.8) is 0 Å². The Balaban J connectivity index is 2.13. The van der Waals surface area contributed by atoms with E-state index in [0.29, 0.717) is 28.5 Å². The maximum Gasteiger partial charge on any atom is 0.271 e. The number of rotatable bonds is 5. The molecule has 3 N–H and O–H groups in total. The van der Waals surface area contributed by atoms with Crippen LogP contribution in [-0.2, 0) is 0 Å². The van der Waals surface area contributed by atoms with Crippen LogP contribution < -0.4 is 20.6 Å². The van der Waals surface area contributed by atoms with Crippen LogP contribution in [0.15, 0.2) is 47.6 Å². The predicted octanol–water partition coefficient (Wildman–Crippen LogP) is 2.44. The predicted molar refractivity (Wildman–Crippen MR) is 90.1 cm³/mol. The summed E-state index contributed by atoms with van der Waals surface area (Å²) in [7, 11) is 3.14. The number of methoxy groups -OCH3 is 2. The normalized spacial score (nSPS) is 11.0.